The van der Waals surface area contributed by atoms with Crippen LogP contribution in [0.5, 0.6) is 0 Å². The molecule has 0 N–H and O–H groups in total. The molecule has 4 heterocycles. The van der Waals surface area contributed by atoms with E-state index in [2.05, 4.69) is 26.5 Å². The Balaban J connectivity index is 1.87. The fraction of sp³-hybridized carbons (Fsp3) is 0.353. The van der Waals surface area contributed by atoms with E-state index in [4.69, 9.17) is 4.98 Å². The van der Waals surface area contributed by atoms with Gasteiger partial charge in [0.05, 0.1) is 0 Å². The second-order valence-corrected chi connectivity index (χ2v) is 5.92. The van der Waals surface area contributed by atoms with Gasteiger partial charge >= 0.3 is 0 Å². The smallest absolute Gasteiger partial charge is 0.165 e. The normalized spacial score (nSPS) is 17.1. The summed E-state index contributed by atoms with van der Waals surface area (Å²) in [6.07, 6.45) is 5.91. The molecule has 0 aliphatic carbocycles. The van der Waals surface area contributed by atoms with Crippen LogP contribution in [0.15, 0.2) is 42.7 Å². The molecule has 5 heteroatoms. The van der Waals surface area contributed by atoms with Gasteiger partial charge in [-0.05, 0) is 57.2 Å². The van der Waals surface area contributed by atoms with Gasteiger partial charge in [0.15, 0.2) is 5.65 Å². The second-order valence-electron chi connectivity index (χ2n) is 5.92. The van der Waals surface area contributed by atoms with Crippen molar-refractivity contribution in [1.82, 2.24) is 24.4 Å². The molecule has 112 valence electrons. The van der Waals surface area contributed by atoms with Crippen LogP contribution in [0.4, 0.5) is 0 Å². The topological polar surface area (TPSA) is 46.8 Å². The highest BCUT2D eigenvalue weighted by Crippen LogP contribution is 2.30. The molecule has 0 bridgehead atoms. The van der Waals surface area contributed by atoms with E-state index < -0.39 is 0 Å². The number of hydrogen-bond acceptors (Lipinski definition) is 4. The number of pyridine rings is 2. The minimum Gasteiger partial charge on any atom is -0.306 e. The predicted molar refractivity (Wildman–Crippen MR) is 86.1 cm³/mol. The number of fused-ring (bicyclic) bond motifs is 1. The molecule has 3 aromatic heterocycles. The van der Waals surface area contributed by atoms with Gasteiger partial charge in [-0.2, -0.15) is 0 Å². The number of piperidine rings is 1. The van der Waals surface area contributed by atoms with Crippen LogP contribution in [-0.2, 0) is 0 Å². The van der Waals surface area contributed by atoms with Crippen LogP contribution >= 0.6 is 0 Å². The fourth-order valence-corrected chi connectivity index (χ4v) is 3.18. The van der Waals surface area contributed by atoms with Crippen LogP contribution in [-0.4, -0.2) is 44.6 Å². The molecule has 5 nitrogen and oxygen atoms in total. The number of rotatable bonds is 2. The summed E-state index contributed by atoms with van der Waals surface area (Å²) in [5, 5.41) is 0. The first-order valence-corrected chi connectivity index (χ1v) is 7.76. The molecular weight excluding hydrogens is 274 g/mol. The van der Waals surface area contributed by atoms with Gasteiger partial charge < -0.3 is 4.90 Å². The standard InChI is InChI=1S/C17H19N5/c1-21-11-7-13(8-12-21)16-20-14-5-4-10-19-17(14)22(16)15-6-2-3-9-18-15/h2-6,9-10,13H,7-8,11-12H2,1H3. The molecule has 22 heavy (non-hydrogen) atoms. The zero-order valence-electron chi connectivity index (χ0n) is 12.7. The van der Waals surface area contributed by atoms with Crippen LogP contribution in [0.25, 0.3) is 17.0 Å². The number of aromatic nitrogens is 4. The largest absolute Gasteiger partial charge is 0.306 e. The third kappa shape index (κ3) is 2.27. The van der Waals surface area contributed by atoms with Gasteiger partial charge in [0, 0.05) is 18.3 Å². The van der Waals surface area contributed by atoms with Gasteiger partial charge in [0.25, 0.3) is 0 Å². The predicted octanol–water partition coefficient (Wildman–Crippen LogP) is 2.62. The zero-order chi connectivity index (χ0) is 14.9. The maximum absolute atomic E-state index is 4.88. The van der Waals surface area contributed by atoms with Crippen molar-refractivity contribution in [2.24, 2.45) is 0 Å². The Morgan fingerprint density at radius 1 is 1.00 bits per heavy atom. The highest BCUT2D eigenvalue weighted by molar-refractivity contribution is 5.73. The summed E-state index contributed by atoms with van der Waals surface area (Å²) < 4.78 is 2.13. The van der Waals surface area contributed by atoms with Crippen molar-refractivity contribution in [1.29, 1.82) is 0 Å². The fourth-order valence-electron chi connectivity index (χ4n) is 3.18. The summed E-state index contributed by atoms with van der Waals surface area (Å²) >= 11 is 0. The quantitative estimate of drug-likeness (QED) is 0.728. The van der Waals surface area contributed by atoms with Crippen molar-refractivity contribution in [3.8, 4) is 5.82 Å². The molecule has 1 aliphatic heterocycles. The highest BCUT2D eigenvalue weighted by atomic mass is 15.2. The van der Waals surface area contributed by atoms with E-state index in [1.54, 1.807) is 0 Å². The number of likely N-dealkylation sites (tertiary alicyclic amines) is 1. The second kappa shape index (κ2) is 5.50. The first-order valence-electron chi connectivity index (χ1n) is 7.76. The average molecular weight is 293 g/mol. The van der Waals surface area contributed by atoms with Gasteiger partial charge in [0.2, 0.25) is 0 Å². The lowest BCUT2D eigenvalue weighted by Crippen LogP contribution is -2.30. The van der Waals surface area contributed by atoms with E-state index in [0.29, 0.717) is 5.92 Å². The maximum Gasteiger partial charge on any atom is 0.165 e. The highest BCUT2D eigenvalue weighted by Gasteiger charge is 2.25. The van der Waals surface area contributed by atoms with E-state index in [1.807, 2.05) is 42.7 Å². The molecule has 0 aromatic carbocycles. The van der Waals surface area contributed by atoms with Crippen molar-refractivity contribution in [3.05, 3.63) is 48.5 Å². The summed E-state index contributed by atoms with van der Waals surface area (Å²) in [5.41, 5.74) is 1.84. The van der Waals surface area contributed by atoms with E-state index >= 15 is 0 Å². The average Bonchev–Trinajstić information content (AvgIpc) is 2.96. The molecule has 0 unspecified atom stereocenters. The van der Waals surface area contributed by atoms with E-state index in [-0.39, 0.29) is 0 Å². The third-order valence-electron chi connectivity index (χ3n) is 4.40. The summed E-state index contributed by atoms with van der Waals surface area (Å²) in [4.78, 5) is 16.3. The molecule has 0 atom stereocenters. The van der Waals surface area contributed by atoms with Gasteiger partial charge in [-0.25, -0.2) is 15.0 Å². The van der Waals surface area contributed by atoms with E-state index in [9.17, 15) is 0 Å². The molecule has 1 aliphatic rings. The molecule has 3 aromatic rings. The Hall–Kier alpha value is -2.27. The Morgan fingerprint density at radius 2 is 1.82 bits per heavy atom. The molecule has 0 radical (unpaired) electrons. The Kier molecular flexibility index (Phi) is 3.35. The molecule has 4 rings (SSSR count). The van der Waals surface area contributed by atoms with Crippen LogP contribution in [0, 0.1) is 0 Å². The summed E-state index contributed by atoms with van der Waals surface area (Å²) in [6.45, 7) is 2.23. The van der Waals surface area contributed by atoms with Crippen LogP contribution in [0.1, 0.15) is 24.6 Å². The number of imidazole rings is 1. The van der Waals surface area contributed by atoms with Crippen molar-refractivity contribution in [2.75, 3.05) is 20.1 Å². The number of hydrogen-bond donors (Lipinski definition) is 0. The molecule has 1 fully saturated rings. The summed E-state index contributed by atoms with van der Waals surface area (Å²) in [6, 6.07) is 9.94. The monoisotopic (exact) mass is 293 g/mol. The molecule has 0 amide bonds. The van der Waals surface area contributed by atoms with Crippen LogP contribution < -0.4 is 0 Å². The van der Waals surface area contributed by atoms with Crippen molar-refractivity contribution in [3.63, 3.8) is 0 Å². The third-order valence-corrected chi connectivity index (χ3v) is 4.40. The van der Waals surface area contributed by atoms with Gasteiger partial charge in [0.1, 0.15) is 17.2 Å². The van der Waals surface area contributed by atoms with Gasteiger partial charge in [-0.3, -0.25) is 4.57 Å². The summed E-state index contributed by atoms with van der Waals surface area (Å²) in [5.74, 6) is 2.46. The molecule has 0 spiro atoms. The Bertz CT molecular complexity index is 772. The lowest BCUT2D eigenvalue weighted by molar-refractivity contribution is 0.250. The first kappa shape index (κ1) is 13.4. The Labute approximate surface area is 129 Å². The molecular formula is C17H19N5. The first-order chi connectivity index (χ1) is 10.8. The van der Waals surface area contributed by atoms with Crippen molar-refractivity contribution < 1.29 is 0 Å². The maximum atomic E-state index is 4.88. The zero-order valence-corrected chi connectivity index (χ0v) is 12.7. The van der Waals surface area contributed by atoms with Gasteiger partial charge in [-0.1, -0.05) is 6.07 Å². The summed E-state index contributed by atoms with van der Waals surface area (Å²) in [7, 11) is 2.18. The minimum absolute atomic E-state index is 0.465. The molecule has 1 saturated heterocycles. The Morgan fingerprint density at radius 3 is 2.59 bits per heavy atom. The number of nitrogens with zero attached hydrogens (tertiary/aromatic N) is 5. The van der Waals surface area contributed by atoms with Crippen molar-refractivity contribution >= 4 is 11.2 Å². The molecule has 0 saturated carbocycles. The van der Waals surface area contributed by atoms with E-state index in [1.165, 1.54) is 0 Å². The van der Waals surface area contributed by atoms with E-state index in [0.717, 1.165) is 48.7 Å². The van der Waals surface area contributed by atoms with Crippen molar-refractivity contribution in [2.45, 2.75) is 18.8 Å². The lowest BCUT2D eigenvalue weighted by atomic mass is 9.96. The SMILES string of the molecule is CN1CCC(c2nc3cccnc3n2-c2ccccn2)CC1. The van der Waals surface area contributed by atoms with Crippen LogP contribution in [0.3, 0.4) is 0 Å². The van der Waals surface area contributed by atoms with Crippen LogP contribution in [0.2, 0.25) is 0 Å². The minimum atomic E-state index is 0.465. The van der Waals surface area contributed by atoms with Gasteiger partial charge in [-0.15, -0.1) is 0 Å². The lowest BCUT2D eigenvalue weighted by Gasteiger charge is -2.28.